The average Bonchev–Trinajstić information content (AvgIpc) is 2.87. The molecule has 1 aliphatic rings. The van der Waals surface area contributed by atoms with Gasteiger partial charge in [0, 0.05) is 32.5 Å². The molecule has 0 amide bonds. The van der Waals surface area contributed by atoms with Crippen LogP contribution in [0.5, 0.6) is 0 Å². The monoisotopic (exact) mass is 459 g/mol. The van der Waals surface area contributed by atoms with Crippen molar-refractivity contribution in [1.29, 1.82) is 0 Å². The molecule has 1 aromatic heterocycles. The fourth-order valence-corrected chi connectivity index (χ4v) is 3.19. The third kappa shape index (κ3) is 8.85. The van der Waals surface area contributed by atoms with E-state index in [-0.39, 0.29) is 24.0 Å². The number of nitrogens with one attached hydrogen (secondary N) is 2. The molecule has 0 bridgehead atoms. The highest BCUT2D eigenvalue weighted by Crippen LogP contribution is 2.09. The highest BCUT2D eigenvalue weighted by atomic mass is 127. The minimum absolute atomic E-state index is 0. The zero-order valence-electron chi connectivity index (χ0n) is 15.8. The highest BCUT2D eigenvalue weighted by molar-refractivity contribution is 14.0. The van der Waals surface area contributed by atoms with E-state index in [1.165, 1.54) is 62.9 Å². The van der Waals surface area contributed by atoms with Crippen LogP contribution in [0.1, 0.15) is 43.2 Å². The van der Waals surface area contributed by atoms with E-state index in [1.807, 2.05) is 19.4 Å². The molecule has 1 saturated heterocycles. The first-order valence-electron chi connectivity index (χ1n) is 9.36. The molecular weight excluding hydrogens is 425 g/mol. The Balaban J connectivity index is 0.00000312. The van der Waals surface area contributed by atoms with Gasteiger partial charge in [0.05, 0.1) is 0 Å². The lowest BCUT2D eigenvalue weighted by atomic mass is 10.1. The second kappa shape index (κ2) is 13.3. The normalized spacial score (nSPS) is 16.0. The summed E-state index contributed by atoms with van der Waals surface area (Å²) in [6.07, 6.45) is 11.5. The van der Waals surface area contributed by atoms with Crippen LogP contribution in [0.2, 0.25) is 0 Å². The minimum atomic E-state index is 0. The zero-order valence-corrected chi connectivity index (χ0v) is 18.1. The molecule has 0 saturated carbocycles. The van der Waals surface area contributed by atoms with Gasteiger partial charge in [-0.3, -0.25) is 9.98 Å². The maximum atomic E-state index is 4.31. The van der Waals surface area contributed by atoms with Crippen LogP contribution in [0.4, 0.5) is 0 Å². The molecule has 1 aliphatic heterocycles. The Morgan fingerprint density at radius 3 is 2.56 bits per heavy atom. The first kappa shape index (κ1) is 22.2. The van der Waals surface area contributed by atoms with Gasteiger partial charge in [0.25, 0.3) is 0 Å². The van der Waals surface area contributed by atoms with Gasteiger partial charge in [-0.05, 0) is 69.4 Å². The Morgan fingerprint density at radius 2 is 1.88 bits per heavy atom. The molecule has 0 radical (unpaired) electrons. The van der Waals surface area contributed by atoms with Crippen LogP contribution >= 0.6 is 24.0 Å². The standard InChI is InChI=1S/C19H33N5.HI/c1-17-16-21-11-8-18(17)9-12-23-19(20-2)22-10-7-15-24-13-5-3-4-6-14-24;/h8,11,16H,3-7,9-10,12-15H2,1-2H3,(H2,20,22,23);1H. The summed E-state index contributed by atoms with van der Waals surface area (Å²) in [5.74, 6) is 0.901. The highest BCUT2D eigenvalue weighted by Gasteiger charge is 2.08. The molecule has 2 rings (SSSR count). The summed E-state index contributed by atoms with van der Waals surface area (Å²) in [5.41, 5.74) is 2.59. The molecule has 0 unspecified atom stereocenters. The van der Waals surface area contributed by atoms with Gasteiger partial charge in [-0.2, -0.15) is 0 Å². The molecule has 1 aromatic rings. The van der Waals surface area contributed by atoms with Gasteiger partial charge in [0.15, 0.2) is 5.96 Å². The Labute approximate surface area is 170 Å². The van der Waals surface area contributed by atoms with Crippen molar-refractivity contribution in [2.75, 3.05) is 39.8 Å². The van der Waals surface area contributed by atoms with Crippen LogP contribution < -0.4 is 10.6 Å². The maximum Gasteiger partial charge on any atom is 0.190 e. The van der Waals surface area contributed by atoms with Crippen LogP contribution in [0.15, 0.2) is 23.5 Å². The van der Waals surface area contributed by atoms with Gasteiger partial charge in [0.1, 0.15) is 0 Å². The molecule has 0 aromatic carbocycles. The predicted octanol–water partition coefficient (Wildman–Crippen LogP) is 2.98. The number of rotatable bonds is 7. The Kier molecular flexibility index (Phi) is 11.8. The van der Waals surface area contributed by atoms with Gasteiger partial charge in [-0.25, -0.2) is 0 Å². The summed E-state index contributed by atoms with van der Waals surface area (Å²) in [6, 6.07) is 2.09. The quantitative estimate of drug-likeness (QED) is 0.285. The topological polar surface area (TPSA) is 52.6 Å². The fourth-order valence-electron chi connectivity index (χ4n) is 3.19. The number of hydrogen-bond acceptors (Lipinski definition) is 3. The Morgan fingerprint density at radius 1 is 1.16 bits per heavy atom. The smallest absolute Gasteiger partial charge is 0.190 e. The number of nitrogens with zero attached hydrogens (tertiary/aromatic N) is 3. The van der Waals surface area contributed by atoms with Crippen molar-refractivity contribution < 1.29 is 0 Å². The van der Waals surface area contributed by atoms with E-state index in [9.17, 15) is 0 Å². The number of halogens is 1. The maximum absolute atomic E-state index is 4.31. The molecule has 25 heavy (non-hydrogen) atoms. The fraction of sp³-hybridized carbons (Fsp3) is 0.684. The number of aromatic nitrogens is 1. The number of aliphatic imine (C=N–C) groups is 1. The van der Waals surface area contributed by atoms with E-state index in [1.54, 1.807) is 0 Å². The third-order valence-electron chi connectivity index (χ3n) is 4.69. The number of pyridine rings is 1. The summed E-state index contributed by atoms with van der Waals surface area (Å²) >= 11 is 0. The van der Waals surface area contributed by atoms with E-state index in [2.05, 4.69) is 38.5 Å². The first-order valence-corrected chi connectivity index (χ1v) is 9.36. The van der Waals surface area contributed by atoms with Crippen molar-refractivity contribution in [1.82, 2.24) is 20.5 Å². The van der Waals surface area contributed by atoms with Crippen LogP contribution in [0.3, 0.4) is 0 Å². The lowest BCUT2D eigenvalue weighted by molar-refractivity contribution is 0.282. The summed E-state index contributed by atoms with van der Waals surface area (Å²) in [7, 11) is 1.84. The van der Waals surface area contributed by atoms with E-state index in [0.717, 1.165) is 25.5 Å². The van der Waals surface area contributed by atoms with Gasteiger partial charge in [-0.15, -0.1) is 24.0 Å². The van der Waals surface area contributed by atoms with Crippen LogP contribution in [0.25, 0.3) is 0 Å². The molecule has 0 spiro atoms. The van der Waals surface area contributed by atoms with Crippen molar-refractivity contribution in [2.45, 2.75) is 45.4 Å². The molecule has 6 heteroatoms. The summed E-state index contributed by atoms with van der Waals surface area (Å²) in [4.78, 5) is 11.1. The molecule has 1 fully saturated rings. The molecule has 2 N–H and O–H groups in total. The molecule has 0 aliphatic carbocycles. The second-order valence-electron chi connectivity index (χ2n) is 6.59. The van der Waals surface area contributed by atoms with E-state index >= 15 is 0 Å². The van der Waals surface area contributed by atoms with Crippen LogP contribution in [-0.2, 0) is 6.42 Å². The number of guanidine groups is 1. The van der Waals surface area contributed by atoms with E-state index in [0.29, 0.717) is 0 Å². The van der Waals surface area contributed by atoms with Crippen molar-refractivity contribution in [3.05, 3.63) is 29.6 Å². The second-order valence-corrected chi connectivity index (χ2v) is 6.59. The SMILES string of the molecule is CN=C(NCCCN1CCCCCC1)NCCc1ccncc1C.I. The first-order chi connectivity index (χ1) is 11.8. The molecule has 0 atom stereocenters. The van der Waals surface area contributed by atoms with Gasteiger partial charge < -0.3 is 15.5 Å². The Hall–Kier alpha value is -0.890. The van der Waals surface area contributed by atoms with E-state index < -0.39 is 0 Å². The van der Waals surface area contributed by atoms with Gasteiger partial charge in [-0.1, -0.05) is 12.8 Å². The van der Waals surface area contributed by atoms with Crippen LogP contribution in [0, 0.1) is 6.92 Å². The predicted molar refractivity (Wildman–Crippen MR) is 117 cm³/mol. The molecule has 5 nitrogen and oxygen atoms in total. The van der Waals surface area contributed by atoms with Crippen molar-refractivity contribution in [2.24, 2.45) is 4.99 Å². The van der Waals surface area contributed by atoms with Crippen molar-refractivity contribution in [3.63, 3.8) is 0 Å². The Bertz CT molecular complexity index is 498. The van der Waals surface area contributed by atoms with Crippen LogP contribution in [-0.4, -0.2) is 55.6 Å². The minimum Gasteiger partial charge on any atom is -0.356 e. The van der Waals surface area contributed by atoms with Gasteiger partial charge >= 0.3 is 0 Å². The molecule has 142 valence electrons. The molecule has 2 heterocycles. The van der Waals surface area contributed by atoms with Crippen molar-refractivity contribution >= 4 is 29.9 Å². The third-order valence-corrected chi connectivity index (χ3v) is 4.69. The van der Waals surface area contributed by atoms with Gasteiger partial charge in [0.2, 0.25) is 0 Å². The number of likely N-dealkylation sites (tertiary alicyclic amines) is 1. The van der Waals surface area contributed by atoms with Crippen molar-refractivity contribution in [3.8, 4) is 0 Å². The number of aryl methyl sites for hydroxylation is 1. The summed E-state index contributed by atoms with van der Waals surface area (Å²) in [5, 5.41) is 6.82. The summed E-state index contributed by atoms with van der Waals surface area (Å²) in [6.45, 7) is 7.72. The lowest BCUT2D eigenvalue weighted by Crippen LogP contribution is -2.39. The largest absolute Gasteiger partial charge is 0.356 e. The molecular formula is C19H34IN5. The number of hydrogen-bond donors (Lipinski definition) is 2. The van der Waals surface area contributed by atoms with E-state index in [4.69, 9.17) is 0 Å². The lowest BCUT2D eigenvalue weighted by Gasteiger charge is -2.20. The summed E-state index contributed by atoms with van der Waals surface area (Å²) < 4.78 is 0. The zero-order chi connectivity index (χ0) is 17.0. The average molecular weight is 459 g/mol.